The third kappa shape index (κ3) is 5.58. The highest BCUT2D eigenvalue weighted by molar-refractivity contribution is 7.85. The standard InChI is InChI=1S/C30H30N2O10S/c1-16-10-18(29(31)33)11-17(2)28(16)42-30(34)27-19-12-23-25(40-7-5-38-23)14-21(19)32(4-3-9-43(35,36)37)22-15-26-24(13-20(22)27)39-6-8-41-26/h10-15,30,34H,3-9H2,1-2H3,(H2-,31,33,35,36,37)/p+1. The normalized spacial score (nSPS) is 15.0. The first-order valence-electron chi connectivity index (χ1n) is 13.7. The largest absolute Gasteiger partial charge is 0.486 e. The predicted molar refractivity (Wildman–Crippen MR) is 155 cm³/mol. The molecule has 0 spiro atoms. The van der Waals surface area contributed by atoms with Crippen LogP contribution in [0.5, 0.6) is 28.7 Å². The number of carbonyl (C=O) groups is 1. The number of fused-ring (bicyclic) bond motifs is 4. The number of pyridine rings is 1. The molecule has 0 fully saturated rings. The van der Waals surface area contributed by atoms with Crippen LogP contribution in [0.2, 0.25) is 0 Å². The van der Waals surface area contributed by atoms with Crippen molar-refractivity contribution in [2.45, 2.75) is 33.1 Å². The first-order valence-corrected chi connectivity index (χ1v) is 15.3. The van der Waals surface area contributed by atoms with Crippen molar-refractivity contribution in [3.63, 3.8) is 0 Å². The van der Waals surface area contributed by atoms with Crippen molar-refractivity contribution >= 4 is 37.8 Å². The number of rotatable bonds is 8. The van der Waals surface area contributed by atoms with Crippen molar-refractivity contribution in [1.82, 2.24) is 0 Å². The summed E-state index contributed by atoms with van der Waals surface area (Å²) in [6.45, 7) is 5.12. The predicted octanol–water partition coefficient (Wildman–Crippen LogP) is 2.89. The highest BCUT2D eigenvalue weighted by atomic mass is 32.2. The Balaban J connectivity index is 1.59. The molecule has 0 saturated carbocycles. The number of aromatic nitrogens is 1. The van der Waals surface area contributed by atoms with Crippen LogP contribution >= 0.6 is 0 Å². The van der Waals surface area contributed by atoms with Crippen LogP contribution in [0.1, 0.15) is 39.8 Å². The zero-order valence-electron chi connectivity index (χ0n) is 23.6. The maximum atomic E-state index is 11.8. The van der Waals surface area contributed by atoms with Gasteiger partial charge in [0.25, 0.3) is 10.1 Å². The molecule has 1 amide bonds. The Kier molecular flexibility index (Phi) is 7.40. The fourth-order valence-corrected chi connectivity index (χ4v) is 6.16. The summed E-state index contributed by atoms with van der Waals surface area (Å²) in [7, 11) is -4.19. The Labute approximate surface area is 247 Å². The number of hydrogen-bond acceptors (Lipinski definition) is 9. The molecule has 0 saturated heterocycles. The second-order valence-electron chi connectivity index (χ2n) is 10.5. The zero-order chi connectivity index (χ0) is 30.5. The van der Waals surface area contributed by atoms with Gasteiger partial charge in [-0.05, 0) is 49.2 Å². The average Bonchev–Trinajstić information content (AvgIpc) is 2.96. The molecule has 3 heterocycles. The molecule has 0 radical (unpaired) electrons. The van der Waals surface area contributed by atoms with Gasteiger partial charge in [-0.3, -0.25) is 9.35 Å². The minimum absolute atomic E-state index is 0.111. The summed E-state index contributed by atoms with van der Waals surface area (Å²) < 4.78 is 64.1. The Morgan fingerprint density at radius 3 is 1.79 bits per heavy atom. The molecule has 3 aromatic carbocycles. The lowest BCUT2D eigenvalue weighted by molar-refractivity contribution is -0.645. The molecule has 13 heteroatoms. The number of benzene rings is 3. The van der Waals surface area contributed by atoms with Crippen molar-refractivity contribution in [1.29, 1.82) is 0 Å². The van der Waals surface area contributed by atoms with Crippen LogP contribution in [-0.2, 0) is 16.7 Å². The SMILES string of the molecule is Cc1cc(C(N)=O)cc(C)c1OC(O)c1c2cc3c(cc2[n+](CCCS(=O)(=O)O)c2cc4c(cc12)OCCO4)OCCO3. The van der Waals surface area contributed by atoms with E-state index in [1.165, 1.54) is 0 Å². The first kappa shape index (κ1) is 28.8. The van der Waals surface area contributed by atoms with Crippen LogP contribution in [0.15, 0.2) is 36.4 Å². The Hall–Kier alpha value is -4.33. The van der Waals surface area contributed by atoms with Gasteiger partial charge in [-0.2, -0.15) is 13.0 Å². The maximum absolute atomic E-state index is 11.8. The van der Waals surface area contributed by atoms with Crippen molar-refractivity contribution in [2.24, 2.45) is 5.73 Å². The number of aryl methyl sites for hydroxylation is 3. The average molecular weight is 612 g/mol. The van der Waals surface area contributed by atoms with Gasteiger partial charge in [0.15, 0.2) is 29.5 Å². The van der Waals surface area contributed by atoms with Crippen LogP contribution in [0.4, 0.5) is 0 Å². The quantitative estimate of drug-likeness (QED) is 0.117. The second-order valence-corrected chi connectivity index (χ2v) is 12.1. The van der Waals surface area contributed by atoms with Crippen LogP contribution in [-0.4, -0.2) is 56.2 Å². The molecule has 12 nitrogen and oxygen atoms in total. The summed E-state index contributed by atoms with van der Waals surface area (Å²) in [5.74, 6) is 1.32. The van der Waals surface area contributed by atoms with Gasteiger partial charge in [0, 0.05) is 17.5 Å². The van der Waals surface area contributed by atoms with Crippen LogP contribution in [0.25, 0.3) is 21.8 Å². The molecule has 1 aromatic heterocycles. The number of ether oxygens (including phenoxy) is 5. The topological polar surface area (TPSA) is 168 Å². The summed E-state index contributed by atoms with van der Waals surface area (Å²) in [5, 5.41) is 12.9. The van der Waals surface area contributed by atoms with E-state index in [9.17, 15) is 22.9 Å². The summed E-state index contributed by atoms with van der Waals surface area (Å²) in [5.41, 5.74) is 8.65. The molecular formula is C30H31N2O10S+. The van der Waals surface area contributed by atoms with Crippen LogP contribution in [0, 0.1) is 13.8 Å². The fourth-order valence-electron chi connectivity index (χ4n) is 5.67. The Morgan fingerprint density at radius 2 is 1.35 bits per heavy atom. The van der Waals surface area contributed by atoms with E-state index in [0.29, 0.717) is 99.2 Å². The molecule has 6 rings (SSSR count). The number of hydrogen-bond donors (Lipinski definition) is 3. The van der Waals surface area contributed by atoms with Gasteiger partial charge < -0.3 is 34.5 Å². The minimum atomic E-state index is -4.19. The van der Waals surface area contributed by atoms with Crippen molar-refractivity contribution in [3.05, 3.63) is 58.7 Å². The van der Waals surface area contributed by atoms with Gasteiger partial charge in [-0.1, -0.05) is 0 Å². The van der Waals surface area contributed by atoms with Gasteiger partial charge in [-0.25, -0.2) is 0 Å². The fraction of sp³-hybridized carbons (Fsp3) is 0.333. The first-order chi connectivity index (χ1) is 20.5. The minimum Gasteiger partial charge on any atom is -0.486 e. The molecule has 1 atom stereocenters. The molecule has 2 aliphatic heterocycles. The maximum Gasteiger partial charge on any atom is 0.265 e. The molecule has 43 heavy (non-hydrogen) atoms. The van der Waals surface area contributed by atoms with Crippen LogP contribution in [0.3, 0.4) is 0 Å². The Morgan fingerprint density at radius 1 is 0.884 bits per heavy atom. The molecule has 4 aromatic rings. The third-order valence-corrected chi connectivity index (χ3v) is 8.29. The monoisotopic (exact) mass is 611 g/mol. The van der Waals surface area contributed by atoms with E-state index >= 15 is 0 Å². The lowest BCUT2D eigenvalue weighted by Crippen LogP contribution is -2.37. The van der Waals surface area contributed by atoms with Crippen molar-refractivity contribution in [3.8, 4) is 28.7 Å². The van der Waals surface area contributed by atoms with Crippen molar-refractivity contribution < 1.29 is 51.1 Å². The van der Waals surface area contributed by atoms with Gasteiger partial charge in [-0.15, -0.1) is 0 Å². The number of carbonyl (C=O) groups excluding carboxylic acids is 1. The van der Waals surface area contributed by atoms with E-state index in [-0.39, 0.29) is 13.0 Å². The lowest BCUT2D eigenvalue weighted by atomic mass is 9.99. The zero-order valence-corrected chi connectivity index (χ0v) is 24.4. The van der Waals surface area contributed by atoms with E-state index in [4.69, 9.17) is 29.4 Å². The van der Waals surface area contributed by atoms with E-state index in [1.54, 1.807) is 50.2 Å². The van der Waals surface area contributed by atoms with Gasteiger partial charge >= 0.3 is 0 Å². The number of primary amides is 1. The molecular weight excluding hydrogens is 580 g/mol. The molecule has 2 aliphatic rings. The third-order valence-electron chi connectivity index (χ3n) is 7.49. The Bertz CT molecular complexity index is 1790. The number of aliphatic hydroxyl groups excluding tert-OH is 1. The lowest BCUT2D eigenvalue weighted by Gasteiger charge is -2.24. The molecule has 1 unspecified atom stereocenters. The number of nitrogens with two attached hydrogens (primary N) is 1. The molecule has 0 aliphatic carbocycles. The highest BCUT2D eigenvalue weighted by Gasteiger charge is 2.31. The molecule has 4 N–H and O–H groups in total. The number of aliphatic hydroxyl groups is 1. The smallest absolute Gasteiger partial charge is 0.265 e. The van der Waals surface area contributed by atoms with Gasteiger partial charge in [0.2, 0.25) is 23.2 Å². The summed E-state index contributed by atoms with van der Waals surface area (Å²) in [6.07, 6.45) is -1.39. The summed E-state index contributed by atoms with van der Waals surface area (Å²) in [6, 6.07) is 10.3. The van der Waals surface area contributed by atoms with E-state index < -0.39 is 28.1 Å². The van der Waals surface area contributed by atoms with E-state index in [0.717, 1.165) is 0 Å². The van der Waals surface area contributed by atoms with Crippen molar-refractivity contribution in [2.75, 3.05) is 32.2 Å². The molecule has 0 bridgehead atoms. The van der Waals surface area contributed by atoms with Crippen LogP contribution < -0.4 is 34.0 Å². The summed E-state index contributed by atoms with van der Waals surface area (Å²) in [4.78, 5) is 11.8. The van der Waals surface area contributed by atoms with E-state index in [1.807, 2.05) is 4.57 Å². The van der Waals surface area contributed by atoms with Gasteiger partial charge in [0.05, 0.1) is 28.7 Å². The second kappa shape index (κ2) is 11.1. The molecule has 226 valence electrons. The summed E-state index contributed by atoms with van der Waals surface area (Å²) >= 11 is 0. The number of amides is 1. The number of nitrogens with zero attached hydrogens (tertiary/aromatic N) is 1. The highest BCUT2D eigenvalue weighted by Crippen LogP contribution is 2.43. The van der Waals surface area contributed by atoms with Gasteiger partial charge in [0.1, 0.15) is 32.2 Å². The van der Waals surface area contributed by atoms with E-state index in [2.05, 4.69) is 0 Å².